The Kier molecular flexibility index (Phi) is 7.94. The second-order valence-corrected chi connectivity index (χ2v) is 9.33. The minimum Gasteiger partial charge on any atom is -0.478 e. The van der Waals surface area contributed by atoms with Crippen molar-refractivity contribution in [3.8, 4) is 11.1 Å². The molecule has 4 rings (SSSR count). The van der Waals surface area contributed by atoms with E-state index in [-0.39, 0.29) is 40.5 Å². The molecule has 35 heavy (non-hydrogen) atoms. The molecule has 0 aliphatic heterocycles. The minimum absolute atomic E-state index is 0.00611. The summed E-state index contributed by atoms with van der Waals surface area (Å²) in [6, 6.07) is 20.8. The van der Waals surface area contributed by atoms with E-state index in [0.29, 0.717) is 12.3 Å². The Morgan fingerprint density at radius 3 is 2.26 bits per heavy atom. The van der Waals surface area contributed by atoms with E-state index in [1.807, 2.05) is 24.3 Å². The monoisotopic (exact) mass is 510 g/mol. The van der Waals surface area contributed by atoms with Crippen molar-refractivity contribution in [1.29, 1.82) is 0 Å². The number of anilines is 1. The number of thioether (sulfide) groups is 1. The second-order valence-electron chi connectivity index (χ2n) is 7.82. The molecule has 3 N–H and O–H groups in total. The number of amides is 2. The molecular formula is C26H23ClN2O5S. The maximum Gasteiger partial charge on any atom is 0.407 e. The van der Waals surface area contributed by atoms with Crippen molar-refractivity contribution in [2.45, 2.75) is 5.92 Å². The first-order chi connectivity index (χ1) is 17.0. The van der Waals surface area contributed by atoms with E-state index in [2.05, 4.69) is 34.9 Å². The van der Waals surface area contributed by atoms with Gasteiger partial charge in [-0.2, -0.15) is 11.8 Å². The largest absolute Gasteiger partial charge is 0.478 e. The number of hydrogen-bond acceptors (Lipinski definition) is 5. The fraction of sp³-hybridized carbons (Fsp3) is 0.192. The molecule has 7 nitrogen and oxygen atoms in total. The fourth-order valence-corrected chi connectivity index (χ4v) is 4.98. The Bertz CT molecular complexity index is 1220. The van der Waals surface area contributed by atoms with Gasteiger partial charge in [-0.05, 0) is 34.4 Å². The third kappa shape index (κ3) is 5.78. The first kappa shape index (κ1) is 24.6. The molecule has 0 bridgehead atoms. The summed E-state index contributed by atoms with van der Waals surface area (Å²) in [5, 5.41) is 14.6. The van der Waals surface area contributed by atoms with Gasteiger partial charge < -0.3 is 20.5 Å². The number of carboxylic acids is 1. The third-order valence-electron chi connectivity index (χ3n) is 5.59. The quantitative estimate of drug-likeness (QED) is 0.340. The van der Waals surface area contributed by atoms with Crippen LogP contribution in [0, 0.1) is 0 Å². The summed E-state index contributed by atoms with van der Waals surface area (Å²) < 4.78 is 5.49. The van der Waals surface area contributed by atoms with Gasteiger partial charge in [-0.15, -0.1) is 0 Å². The number of aromatic carboxylic acids is 1. The van der Waals surface area contributed by atoms with Crippen molar-refractivity contribution in [3.63, 3.8) is 0 Å². The van der Waals surface area contributed by atoms with Gasteiger partial charge in [-0.3, -0.25) is 4.79 Å². The summed E-state index contributed by atoms with van der Waals surface area (Å²) in [6.45, 7) is 0.563. The van der Waals surface area contributed by atoms with Crippen molar-refractivity contribution < 1.29 is 24.2 Å². The van der Waals surface area contributed by atoms with Gasteiger partial charge in [0.05, 0.1) is 16.5 Å². The second kappa shape index (κ2) is 11.3. The first-order valence-electron chi connectivity index (χ1n) is 10.9. The number of hydrogen-bond donors (Lipinski definition) is 3. The lowest BCUT2D eigenvalue weighted by atomic mass is 9.98. The van der Waals surface area contributed by atoms with Gasteiger partial charge in [0.1, 0.15) is 12.2 Å². The predicted molar refractivity (Wildman–Crippen MR) is 137 cm³/mol. The highest BCUT2D eigenvalue weighted by Gasteiger charge is 2.28. The summed E-state index contributed by atoms with van der Waals surface area (Å²) in [4.78, 5) is 35.7. The number of halogens is 1. The molecule has 0 radical (unpaired) electrons. The van der Waals surface area contributed by atoms with Gasteiger partial charge >= 0.3 is 12.1 Å². The zero-order valence-electron chi connectivity index (χ0n) is 18.6. The third-order valence-corrected chi connectivity index (χ3v) is 6.87. The Morgan fingerprint density at radius 1 is 0.943 bits per heavy atom. The number of alkyl carbamates (subject to hydrolysis) is 1. The van der Waals surface area contributed by atoms with E-state index < -0.39 is 12.1 Å². The van der Waals surface area contributed by atoms with E-state index in [1.54, 1.807) is 6.07 Å². The fourth-order valence-electron chi connectivity index (χ4n) is 4.07. The average molecular weight is 511 g/mol. The van der Waals surface area contributed by atoms with Gasteiger partial charge in [0, 0.05) is 18.2 Å². The van der Waals surface area contributed by atoms with Crippen LogP contribution in [0.1, 0.15) is 27.4 Å². The standard InChI is InChI=1S/C26H23ClN2O5S/c27-21-10-5-11-22(24(21)25(31)32)29-23(30)15-35-13-12-28-26(33)34-14-20-18-8-3-1-6-16(18)17-7-2-4-9-19(17)20/h1-11,20H,12-15H2,(H,28,33)(H,29,30)(H,31,32). The lowest BCUT2D eigenvalue weighted by Gasteiger charge is -2.14. The number of carbonyl (C=O) groups excluding carboxylic acids is 2. The Balaban J connectivity index is 1.19. The topological polar surface area (TPSA) is 105 Å². The number of carboxylic acid groups (broad SMARTS) is 1. The van der Waals surface area contributed by atoms with Crippen LogP contribution in [0.25, 0.3) is 11.1 Å². The molecule has 0 unspecified atom stereocenters. The minimum atomic E-state index is -1.22. The van der Waals surface area contributed by atoms with Gasteiger partial charge in [0.15, 0.2) is 0 Å². The summed E-state index contributed by atoms with van der Waals surface area (Å²) in [7, 11) is 0. The molecule has 0 saturated carbocycles. The predicted octanol–water partition coefficient (Wildman–Crippen LogP) is 5.25. The van der Waals surface area contributed by atoms with Crippen molar-refractivity contribution in [2.24, 2.45) is 0 Å². The summed E-state index contributed by atoms with van der Waals surface area (Å²) in [6.07, 6.45) is -0.512. The van der Waals surface area contributed by atoms with Crippen LogP contribution in [0.3, 0.4) is 0 Å². The van der Waals surface area contributed by atoms with Crippen LogP contribution >= 0.6 is 23.4 Å². The molecule has 9 heteroatoms. The van der Waals surface area contributed by atoms with Gasteiger partial charge in [-0.1, -0.05) is 66.2 Å². The first-order valence-corrected chi connectivity index (χ1v) is 12.5. The van der Waals surface area contributed by atoms with Crippen molar-refractivity contribution in [2.75, 3.05) is 30.0 Å². The molecule has 2 amide bonds. The summed E-state index contributed by atoms with van der Waals surface area (Å²) in [5.74, 6) is -1.00. The molecule has 3 aromatic carbocycles. The van der Waals surface area contributed by atoms with Crippen molar-refractivity contribution in [3.05, 3.63) is 88.4 Å². The number of carbonyl (C=O) groups is 3. The van der Waals surface area contributed by atoms with E-state index in [9.17, 15) is 19.5 Å². The van der Waals surface area contributed by atoms with Gasteiger partial charge in [0.25, 0.3) is 0 Å². The molecule has 0 aromatic heterocycles. The number of ether oxygens (including phenoxy) is 1. The summed E-state index contributed by atoms with van der Waals surface area (Å²) >= 11 is 7.21. The van der Waals surface area contributed by atoms with Gasteiger partial charge in [0.2, 0.25) is 5.91 Å². The van der Waals surface area contributed by atoms with Crippen LogP contribution in [0.5, 0.6) is 0 Å². The van der Waals surface area contributed by atoms with E-state index in [1.165, 1.54) is 35.0 Å². The van der Waals surface area contributed by atoms with Crippen LogP contribution in [0.4, 0.5) is 10.5 Å². The SMILES string of the molecule is O=C(CSCCNC(=O)OCC1c2ccccc2-c2ccccc21)Nc1cccc(Cl)c1C(=O)O. The average Bonchev–Trinajstić information content (AvgIpc) is 3.16. The highest BCUT2D eigenvalue weighted by atomic mass is 35.5. The molecule has 0 atom stereocenters. The lowest BCUT2D eigenvalue weighted by molar-refractivity contribution is -0.113. The van der Waals surface area contributed by atoms with Gasteiger partial charge in [-0.25, -0.2) is 9.59 Å². The molecule has 0 saturated heterocycles. The molecule has 1 aliphatic carbocycles. The molecule has 180 valence electrons. The molecule has 3 aromatic rings. The van der Waals surface area contributed by atoms with Crippen LogP contribution in [0.2, 0.25) is 5.02 Å². The zero-order chi connectivity index (χ0) is 24.8. The zero-order valence-corrected chi connectivity index (χ0v) is 20.2. The Morgan fingerprint density at radius 2 is 1.60 bits per heavy atom. The van der Waals surface area contributed by atoms with E-state index in [4.69, 9.17) is 16.3 Å². The van der Waals surface area contributed by atoms with E-state index in [0.717, 1.165) is 11.1 Å². The molecule has 0 spiro atoms. The highest BCUT2D eigenvalue weighted by Crippen LogP contribution is 2.44. The van der Waals surface area contributed by atoms with Crippen LogP contribution in [-0.2, 0) is 9.53 Å². The highest BCUT2D eigenvalue weighted by molar-refractivity contribution is 7.99. The molecule has 0 fully saturated rings. The van der Waals surface area contributed by atoms with Crippen LogP contribution < -0.4 is 10.6 Å². The Labute approximate surface area is 211 Å². The maximum absolute atomic E-state index is 12.2. The van der Waals surface area contributed by atoms with Crippen molar-refractivity contribution in [1.82, 2.24) is 5.32 Å². The number of rotatable bonds is 9. The molecular weight excluding hydrogens is 488 g/mol. The molecule has 0 heterocycles. The van der Waals surface area contributed by atoms with Crippen LogP contribution in [0.15, 0.2) is 66.7 Å². The summed E-state index contributed by atoms with van der Waals surface area (Å²) in [5.41, 5.74) is 4.62. The number of nitrogens with one attached hydrogen (secondary N) is 2. The van der Waals surface area contributed by atoms with Crippen molar-refractivity contribution >= 4 is 47.0 Å². The van der Waals surface area contributed by atoms with Crippen LogP contribution in [-0.4, -0.2) is 47.7 Å². The Hall–Kier alpha value is -3.49. The number of benzene rings is 3. The normalized spacial score (nSPS) is 11.9. The molecule has 1 aliphatic rings. The maximum atomic E-state index is 12.2. The lowest BCUT2D eigenvalue weighted by Crippen LogP contribution is -2.28. The number of fused-ring (bicyclic) bond motifs is 3. The van der Waals surface area contributed by atoms with E-state index >= 15 is 0 Å². The smallest absolute Gasteiger partial charge is 0.407 e.